The number of carboxylic acid groups (broad SMARTS) is 2. The third-order valence-corrected chi connectivity index (χ3v) is 1.29. The summed E-state index contributed by atoms with van der Waals surface area (Å²) in [6, 6.07) is 0. The van der Waals surface area contributed by atoms with E-state index in [9.17, 15) is 9.59 Å². The van der Waals surface area contributed by atoms with E-state index in [1.807, 2.05) is 0 Å². The molecule has 0 aromatic carbocycles. The maximum Gasteiger partial charge on any atom is 0.335 e. The smallest absolute Gasteiger partial charge is 0.335 e. The second-order valence-corrected chi connectivity index (χ2v) is 2.56. The van der Waals surface area contributed by atoms with Gasteiger partial charge in [0.15, 0.2) is 12.2 Å². The Morgan fingerprint density at radius 2 is 1.47 bits per heavy atom. The molecular weight excluding hydrogens is 286 g/mol. The molecule has 19 heavy (non-hydrogen) atoms. The molecule has 2 unspecified atom stereocenters. The van der Waals surface area contributed by atoms with Gasteiger partial charge in [-0.05, 0) is 21.7 Å². The molecule has 0 radical (unpaired) electrons. The average Bonchev–Trinajstić information content (AvgIpc) is 2.26. The summed E-state index contributed by atoms with van der Waals surface area (Å²) in [6.45, 7) is 0. The average molecular weight is 296 g/mol. The van der Waals surface area contributed by atoms with Crippen LogP contribution in [-0.4, -0.2) is 50.8 Å². The number of halogens is 1. The minimum atomic E-state index is -2.27. The van der Waals surface area contributed by atoms with Gasteiger partial charge in [-0.2, -0.15) is 0 Å². The molecule has 2 atom stereocenters. The first kappa shape index (κ1) is 19.1. The van der Waals surface area contributed by atoms with Crippen molar-refractivity contribution in [2.75, 3.05) is 0 Å². The van der Waals surface area contributed by atoms with E-state index in [0.29, 0.717) is 0 Å². The van der Waals surface area contributed by atoms with Gasteiger partial charge in [-0.25, -0.2) is 9.59 Å². The van der Waals surface area contributed by atoms with Crippen molar-refractivity contribution in [2.45, 2.75) is 12.2 Å². The summed E-state index contributed by atoms with van der Waals surface area (Å²) < 4.78 is 0. The zero-order chi connectivity index (χ0) is 14.0. The minimum absolute atomic E-state index is 0. The van der Waals surface area contributed by atoms with Crippen molar-refractivity contribution in [1.82, 2.24) is 0 Å². The third kappa shape index (κ3) is 9.46. The predicted octanol–water partition coefficient (Wildman–Crippen LogP) is -0.382. The lowest BCUT2D eigenvalue weighted by molar-refractivity contribution is -0.165. The van der Waals surface area contributed by atoms with Crippen molar-refractivity contribution in [3.63, 3.8) is 0 Å². The van der Waals surface area contributed by atoms with E-state index in [2.05, 4.69) is 25.9 Å². The number of aliphatic hydroxyl groups excluding tert-OH is 2. The van der Waals surface area contributed by atoms with Gasteiger partial charge < -0.3 is 20.4 Å². The Hall–Kier alpha value is -2.24. The van der Waals surface area contributed by atoms with E-state index < -0.39 is 24.1 Å². The molecule has 0 aromatic rings. The minimum Gasteiger partial charge on any atom is -0.479 e. The van der Waals surface area contributed by atoms with Gasteiger partial charge in [0.25, 0.3) is 0 Å². The molecule has 4 N–H and O–H groups in total. The largest absolute Gasteiger partial charge is 0.479 e. The van der Waals surface area contributed by atoms with Crippen molar-refractivity contribution in [1.29, 1.82) is 0 Å². The molecule has 1 heterocycles. The summed E-state index contributed by atoms with van der Waals surface area (Å²) in [5.74, 6) is -3.54. The van der Waals surface area contributed by atoms with Gasteiger partial charge in [-0.1, -0.05) is 0 Å². The quantitative estimate of drug-likeness (QED) is 0.551. The van der Waals surface area contributed by atoms with Gasteiger partial charge >= 0.3 is 11.9 Å². The second-order valence-electron chi connectivity index (χ2n) is 2.56. The summed E-state index contributed by atoms with van der Waals surface area (Å²) >= 11 is 0. The number of hydrogen-bond acceptors (Lipinski definition) is 9. The fourth-order valence-corrected chi connectivity index (χ4v) is 0.509. The van der Waals surface area contributed by atoms with Crippen LogP contribution in [-0.2, 0) is 9.59 Å². The van der Waals surface area contributed by atoms with Crippen LogP contribution in [0, 0.1) is 0 Å². The Morgan fingerprint density at radius 3 is 1.95 bits per heavy atom. The van der Waals surface area contributed by atoms with Crippen LogP contribution in [0.5, 0.6) is 0 Å². The van der Waals surface area contributed by atoms with Gasteiger partial charge in [0.1, 0.15) is 0 Å². The zero-order valence-corrected chi connectivity index (χ0v) is 9.95. The maximum absolute atomic E-state index is 9.77. The van der Waals surface area contributed by atoms with E-state index in [1.54, 1.807) is 6.08 Å². The van der Waals surface area contributed by atoms with Crippen LogP contribution in [0.25, 0.3) is 0 Å². The van der Waals surface area contributed by atoms with Gasteiger partial charge in [-0.3, -0.25) is 0 Å². The lowest BCUT2D eigenvalue weighted by Crippen LogP contribution is -2.39. The van der Waals surface area contributed by atoms with E-state index in [-0.39, 0.29) is 12.4 Å². The molecular formula is C7H10ClN5O6. The third-order valence-electron chi connectivity index (χ3n) is 1.29. The van der Waals surface area contributed by atoms with Crippen LogP contribution in [0.3, 0.4) is 0 Å². The number of rotatable bonds is 3. The molecule has 1 rings (SSSR count). The molecule has 0 saturated heterocycles. The topological polar surface area (TPSA) is 177 Å². The molecule has 0 saturated carbocycles. The summed E-state index contributed by atoms with van der Waals surface area (Å²) in [5.41, 5.74) is 0. The molecule has 12 heteroatoms. The van der Waals surface area contributed by atoms with Crippen LogP contribution in [0.1, 0.15) is 0 Å². The number of nitrogens with zero attached hydrogens (tertiary/aromatic N) is 5. The number of carbonyl (C=O) groups is 2. The Kier molecular flexibility index (Phi) is 10.9. The lowest BCUT2D eigenvalue weighted by Gasteiger charge is -2.07. The summed E-state index contributed by atoms with van der Waals surface area (Å²) in [7, 11) is 0. The summed E-state index contributed by atoms with van der Waals surface area (Å²) in [4.78, 5) is 19.5. The Labute approximate surface area is 112 Å². The first-order chi connectivity index (χ1) is 8.46. The standard InChI is InChI=1S/C4H6O6.C3H3N5.ClH/c5-1(3(7)8)2(6)4(9)10;1-2-4-6-8-7-5-3-1;/h1-2,5-6H,(H,7,8)(H,9,10);1-3H;1H/b;2-1-,3-1?,4-2?,5-3-,6-4-,7-5?,8-6?,8-7-;. The Morgan fingerprint density at radius 1 is 0.947 bits per heavy atom. The summed E-state index contributed by atoms with van der Waals surface area (Å²) in [6.07, 6.45) is 0.0281. The SMILES string of the molecule is C1=C\N=N/N=N\N=C/1.Cl.O=C(O)C(O)C(O)C(=O)O. The van der Waals surface area contributed by atoms with Crippen molar-refractivity contribution in [2.24, 2.45) is 25.9 Å². The van der Waals surface area contributed by atoms with E-state index in [0.717, 1.165) is 0 Å². The van der Waals surface area contributed by atoms with Crippen molar-refractivity contribution in [3.8, 4) is 0 Å². The Balaban J connectivity index is 0. The lowest BCUT2D eigenvalue weighted by atomic mass is 10.2. The fraction of sp³-hybridized carbons (Fsp3) is 0.286. The molecule has 0 fully saturated rings. The molecule has 1 aliphatic rings. The maximum atomic E-state index is 9.77. The second kappa shape index (κ2) is 10.9. The van der Waals surface area contributed by atoms with Crippen molar-refractivity contribution < 1.29 is 30.0 Å². The number of carboxylic acids is 2. The normalized spacial score (nSPS) is 21.8. The highest BCUT2D eigenvalue weighted by Gasteiger charge is 2.29. The summed E-state index contributed by atoms with van der Waals surface area (Å²) in [5, 5.41) is 49.0. The molecule has 0 amide bonds. The Bertz CT molecular complexity index is 335. The fourth-order valence-electron chi connectivity index (χ4n) is 0.509. The van der Waals surface area contributed by atoms with Crippen LogP contribution in [0.2, 0.25) is 0 Å². The number of allylic oxidation sites excluding steroid dienone is 1. The van der Waals surface area contributed by atoms with Crippen molar-refractivity contribution in [3.05, 3.63) is 12.3 Å². The highest BCUT2D eigenvalue weighted by molar-refractivity contribution is 5.85. The molecule has 0 bridgehead atoms. The number of hydrogen-bond donors (Lipinski definition) is 4. The van der Waals surface area contributed by atoms with Crippen LogP contribution in [0.4, 0.5) is 0 Å². The van der Waals surface area contributed by atoms with Crippen LogP contribution in [0.15, 0.2) is 38.2 Å². The van der Waals surface area contributed by atoms with E-state index >= 15 is 0 Å². The monoisotopic (exact) mass is 295 g/mol. The highest BCUT2D eigenvalue weighted by atomic mass is 35.5. The number of aliphatic hydroxyl groups is 2. The van der Waals surface area contributed by atoms with Gasteiger partial charge in [0.2, 0.25) is 0 Å². The molecule has 106 valence electrons. The molecule has 0 spiro atoms. The molecule has 11 nitrogen and oxygen atoms in total. The molecule has 0 aliphatic carbocycles. The highest BCUT2D eigenvalue weighted by Crippen LogP contribution is 1.92. The first-order valence-electron chi connectivity index (χ1n) is 4.27. The number of aliphatic carboxylic acids is 2. The molecule has 0 aromatic heterocycles. The van der Waals surface area contributed by atoms with Gasteiger partial charge in [0, 0.05) is 0 Å². The first-order valence-corrected chi connectivity index (χ1v) is 4.27. The van der Waals surface area contributed by atoms with E-state index in [1.165, 1.54) is 12.4 Å². The van der Waals surface area contributed by atoms with Crippen LogP contribution < -0.4 is 0 Å². The van der Waals surface area contributed by atoms with Crippen molar-refractivity contribution >= 4 is 30.6 Å². The van der Waals surface area contributed by atoms with Gasteiger partial charge in [0.05, 0.1) is 12.4 Å². The van der Waals surface area contributed by atoms with Gasteiger partial charge in [-0.15, -0.1) is 22.6 Å². The zero-order valence-electron chi connectivity index (χ0n) is 9.14. The van der Waals surface area contributed by atoms with E-state index in [4.69, 9.17) is 20.4 Å². The van der Waals surface area contributed by atoms with Crippen LogP contribution >= 0.6 is 12.4 Å². The predicted molar refractivity (Wildman–Crippen MR) is 61.9 cm³/mol. The molecule has 1 aliphatic heterocycles.